The summed E-state index contributed by atoms with van der Waals surface area (Å²) in [7, 11) is 0. The molecule has 0 aliphatic heterocycles. The molecule has 0 saturated carbocycles. The normalized spacial score (nSPS) is 9.21. The molecule has 0 unspecified atom stereocenters. The molecule has 0 aromatic heterocycles. The van der Waals surface area contributed by atoms with Crippen molar-refractivity contribution in [1.82, 2.24) is 0 Å². The number of unbranched alkanes of at least 4 members (excludes halogenated alkanes) is 1. The predicted molar refractivity (Wildman–Crippen MR) is 59.2 cm³/mol. The summed E-state index contributed by atoms with van der Waals surface area (Å²) in [6.45, 7) is 2.10. The van der Waals surface area contributed by atoms with Crippen molar-refractivity contribution in [2.75, 3.05) is 0 Å². The molecule has 0 saturated heterocycles. The molecule has 0 heterocycles. The zero-order chi connectivity index (χ0) is 9.68. The van der Waals surface area contributed by atoms with Crippen LogP contribution in [0.1, 0.15) is 35.7 Å². The minimum absolute atomic E-state index is 0. The van der Waals surface area contributed by atoms with E-state index in [-0.39, 0.29) is 29.6 Å². The summed E-state index contributed by atoms with van der Waals surface area (Å²) in [6, 6.07) is 7.20. The molecule has 0 aliphatic rings. The van der Waals surface area contributed by atoms with Crippen molar-refractivity contribution in [3.8, 4) is 0 Å². The Bertz CT molecular complexity index is 297. The number of carboxylic acid groups (broad SMARTS) is 1. The monoisotopic (exact) mass is 202 g/mol. The number of carboxylic acids is 1. The second kappa shape index (κ2) is 7.04. The van der Waals surface area contributed by atoms with Crippen molar-refractivity contribution in [1.29, 1.82) is 0 Å². The fourth-order valence-electron chi connectivity index (χ4n) is 1.31. The van der Waals surface area contributed by atoms with Gasteiger partial charge in [0.2, 0.25) is 0 Å². The van der Waals surface area contributed by atoms with Gasteiger partial charge in [0.1, 0.15) is 0 Å². The molecule has 1 N–H and O–H groups in total. The van der Waals surface area contributed by atoms with Gasteiger partial charge in [-0.1, -0.05) is 31.5 Å². The second-order valence-corrected chi connectivity index (χ2v) is 3.07. The Morgan fingerprint density at radius 2 is 2.00 bits per heavy atom. The van der Waals surface area contributed by atoms with Crippen LogP contribution in [0.25, 0.3) is 0 Å². The number of hydrogen-bond donors (Lipinski definition) is 1. The fourth-order valence-corrected chi connectivity index (χ4v) is 1.31. The molecule has 14 heavy (non-hydrogen) atoms. The molecule has 3 heteroatoms. The van der Waals surface area contributed by atoms with E-state index in [4.69, 9.17) is 5.11 Å². The molecule has 0 aliphatic carbocycles. The van der Waals surface area contributed by atoms with Crippen molar-refractivity contribution in [2.24, 2.45) is 0 Å². The van der Waals surface area contributed by atoms with Gasteiger partial charge in [0.25, 0.3) is 0 Å². The van der Waals surface area contributed by atoms with E-state index < -0.39 is 5.97 Å². The molecule has 1 aromatic carbocycles. The number of aryl methyl sites for hydroxylation is 1. The molecule has 72 valence electrons. The standard InChI is InChI=1S/C11H14O2.Na.H/c1-2-3-6-9-7-4-5-8-10(9)11(12)13;;/h4-5,7-8H,2-3,6H2,1H3,(H,12,13);;. The van der Waals surface area contributed by atoms with Gasteiger partial charge >= 0.3 is 35.5 Å². The van der Waals surface area contributed by atoms with Crippen molar-refractivity contribution in [3.63, 3.8) is 0 Å². The van der Waals surface area contributed by atoms with Crippen LogP contribution >= 0.6 is 0 Å². The molecular formula is C11H15NaO2. The number of aromatic carboxylic acids is 1. The summed E-state index contributed by atoms with van der Waals surface area (Å²) < 4.78 is 0. The molecule has 1 aromatic rings. The summed E-state index contributed by atoms with van der Waals surface area (Å²) in [4.78, 5) is 10.8. The molecule has 0 amide bonds. The molecule has 0 bridgehead atoms. The Morgan fingerprint density at radius 1 is 1.36 bits per heavy atom. The third-order valence-corrected chi connectivity index (χ3v) is 2.05. The van der Waals surface area contributed by atoms with Crippen molar-refractivity contribution in [2.45, 2.75) is 26.2 Å². The van der Waals surface area contributed by atoms with Crippen LogP contribution < -0.4 is 0 Å². The van der Waals surface area contributed by atoms with E-state index in [1.54, 1.807) is 12.1 Å². The van der Waals surface area contributed by atoms with Gasteiger partial charge in [-0.3, -0.25) is 0 Å². The van der Waals surface area contributed by atoms with Crippen LogP contribution in [-0.2, 0) is 6.42 Å². The first-order valence-electron chi connectivity index (χ1n) is 4.57. The molecule has 0 spiro atoms. The van der Waals surface area contributed by atoms with Crippen LogP contribution in [0.2, 0.25) is 0 Å². The van der Waals surface area contributed by atoms with E-state index in [0.29, 0.717) is 5.56 Å². The molecule has 1 rings (SSSR count). The van der Waals surface area contributed by atoms with Crippen LogP contribution in [-0.4, -0.2) is 40.6 Å². The summed E-state index contributed by atoms with van der Waals surface area (Å²) in [5, 5.41) is 8.86. The molecular weight excluding hydrogens is 187 g/mol. The van der Waals surface area contributed by atoms with Crippen LogP contribution in [0.3, 0.4) is 0 Å². The van der Waals surface area contributed by atoms with Gasteiger partial charge in [-0.2, -0.15) is 0 Å². The van der Waals surface area contributed by atoms with E-state index in [1.165, 1.54) is 0 Å². The maximum absolute atomic E-state index is 10.8. The van der Waals surface area contributed by atoms with Gasteiger partial charge in [0, 0.05) is 0 Å². The third-order valence-electron chi connectivity index (χ3n) is 2.05. The average Bonchev–Trinajstić information content (AvgIpc) is 2.15. The molecule has 2 nitrogen and oxygen atoms in total. The zero-order valence-electron chi connectivity index (χ0n) is 7.79. The zero-order valence-corrected chi connectivity index (χ0v) is 7.79. The maximum atomic E-state index is 10.8. The predicted octanol–water partition coefficient (Wildman–Crippen LogP) is 2.08. The Balaban J connectivity index is 0.00000169. The van der Waals surface area contributed by atoms with Crippen LogP contribution in [0.4, 0.5) is 0 Å². The summed E-state index contributed by atoms with van der Waals surface area (Å²) in [6.07, 6.45) is 3.00. The van der Waals surface area contributed by atoms with Crippen molar-refractivity contribution < 1.29 is 9.90 Å². The Labute approximate surface area is 107 Å². The first-order chi connectivity index (χ1) is 6.25. The second-order valence-electron chi connectivity index (χ2n) is 3.07. The minimum atomic E-state index is -0.827. The quantitative estimate of drug-likeness (QED) is 0.759. The summed E-state index contributed by atoms with van der Waals surface area (Å²) in [5.41, 5.74) is 1.38. The molecule has 0 fully saturated rings. The molecule has 0 atom stereocenters. The number of benzene rings is 1. The first-order valence-corrected chi connectivity index (χ1v) is 4.57. The van der Waals surface area contributed by atoms with E-state index >= 15 is 0 Å². The van der Waals surface area contributed by atoms with Gasteiger partial charge in [0.15, 0.2) is 0 Å². The number of rotatable bonds is 4. The SMILES string of the molecule is CCCCc1ccccc1C(=O)O.[NaH]. The average molecular weight is 202 g/mol. The first kappa shape index (κ1) is 13.7. The van der Waals surface area contributed by atoms with E-state index in [9.17, 15) is 4.79 Å². The van der Waals surface area contributed by atoms with E-state index in [0.717, 1.165) is 24.8 Å². The van der Waals surface area contributed by atoms with E-state index in [2.05, 4.69) is 6.92 Å². The van der Waals surface area contributed by atoms with Crippen LogP contribution in [0.15, 0.2) is 24.3 Å². The number of carbonyl (C=O) groups is 1. The fraction of sp³-hybridized carbons (Fsp3) is 0.364. The summed E-state index contributed by atoms with van der Waals surface area (Å²) >= 11 is 0. The van der Waals surface area contributed by atoms with Gasteiger partial charge in [0.05, 0.1) is 5.56 Å². The van der Waals surface area contributed by atoms with Gasteiger partial charge < -0.3 is 5.11 Å². The van der Waals surface area contributed by atoms with Crippen molar-refractivity contribution >= 4 is 35.5 Å². The van der Waals surface area contributed by atoms with Gasteiger partial charge in [-0.15, -0.1) is 0 Å². The van der Waals surface area contributed by atoms with Gasteiger partial charge in [-0.05, 0) is 24.5 Å². The molecule has 0 radical (unpaired) electrons. The Morgan fingerprint density at radius 3 is 2.57 bits per heavy atom. The van der Waals surface area contributed by atoms with Crippen molar-refractivity contribution in [3.05, 3.63) is 35.4 Å². The van der Waals surface area contributed by atoms with Crippen LogP contribution in [0.5, 0.6) is 0 Å². The Hall–Kier alpha value is -0.310. The van der Waals surface area contributed by atoms with E-state index in [1.807, 2.05) is 12.1 Å². The van der Waals surface area contributed by atoms with Crippen LogP contribution in [0, 0.1) is 0 Å². The topological polar surface area (TPSA) is 37.3 Å². The summed E-state index contributed by atoms with van der Waals surface area (Å²) in [5.74, 6) is -0.827. The van der Waals surface area contributed by atoms with Gasteiger partial charge in [-0.25, -0.2) is 4.79 Å². The number of hydrogen-bond acceptors (Lipinski definition) is 1. The Kier molecular flexibility index (Phi) is 6.89. The third kappa shape index (κ3) is 3.82.